The summed E-state index contributed by atoms with van der Waals surface area (Å²) in [4.78, 5) is 23.0. The van der Waals surface area contributed by atoms with Gasteiger partial charge in [0.25, 0.3) is 6.43 Å². The molecule has 1 aromatic heterocycles. The molecule has 1 aliphatic heterocycles. The number of alkyl halides is 2. The van der Waals surface area contributed by atoms with Crippen molar-refractivity contribution in [1.82, 2.24) is 14.9 Å². The maximum atomic E-state index is 12.1. The molecule has 0 bridgehead atoms. The number of anilines is 2. The lowest BCUT2D eigenvalue weighted by Gasteiger charge is -2.32. The minimum Gasteiger partial charge on any atom is -0.364 e. The standard InChI is InChI=1S/C11H15F2N5O/c1-17-2-3-18(6-11(17)19)10-4-9(15-7-16-10)14-5-8(12)13/h4,7-8H,2-3,5-6H2,1H3,(H,14,15,16). The Balaban J connectivity index is 2.04. The van der Waals surface area contributed by atoms with Gasteiger partial charge in [-0.3, -0.25) is 4.79 Å². The quantitative estimate of drug-likeness (QED) is 0.860. The van der Waals surface area contributed by atoms with Gasteiger partial charge in [-0.1, -0.05) is 0 Å². The van der Waals surface area contributed by atoms with E-state index in [1.165, 1.54) is 6.33 Å². The summed E-state index contributed by atoms with van der Waals surface area (Å²) in [5, 5.41) is 2.52. The normalized spacial score (nSPS) is 16.1. The molecule has 1 N–H and O–H groups in total. The Morgan fingerprint density at radius 1 is 1.42 bits per heavy atom. The predicted molar refractivity (Wildman–Crippen MR) is 66.4 cm³/mol. The molecule has 8 heteroatoms. The Morgan fingerprint density at radius 2 is 2.21 bits per heavy atom. The molecule has 1 saturated heterocycles. The lowest BCUT2D eigenvalue weighted by molar-refractivity contribution is -0.129. The highest BCUT2D eigenvalue weighted by Gasteiger charge is 2.22. The third kappa shape index (κ3) is 3.49. The van der Waals surface area contributed by atoms with Gasteiger partial charge in [0.15, 0.2) is 0 Å². The predicted octanol–water partition coefficient (Wildman–Crippen LogP) is 0.432. The van der Waals surface area contributed by atoms with Gasteiger partial charge in [0.05, 0.1) is 13.1 Å². The number of likely N-dealkylation sites (N-methyl/N-ethyl adjacent to an activating group) is 1. The van der Waals surface area contributed by atoms with Gasteiger partial charge in [0.1, 0.15) is 18.0 Å². The Kier molecular flexibility index (Phi) is 4.08. The highest BCUT2D eigenvalue weighted by atomic mass is 19.3. The van der Waals surface area contributed by atoms with Crippen molar-refractivity contribution in [3.63, 3.8) is 0 Å². The summed E-state index contributed by atoms with van der Waals surface area (Å²) in [5.74, 6) is 0.900. The van der Waals surface area contributed by atoms with Crippen LogP contribution in [0.15, 0.2) is 12.4 Å². The van der Waals surface area contributed by atoms with Gasteiger partial charge in [0.2, 0.25) is 5.91 Å². The number of rotatable bonds is 4. The van der Waals surface area contributed by atoms with Gasteiger partial charge >= 0.3 is 0 Å². The van der Waals surface area contributed by atoms with Crippen molar-refractivity contribution in [2.24, 2.45) is 0 Å². The van der Waals surface area contributed by atoms with Crippen LogP contribution in [0.1, 0.15) is 0 Å². The summed E-state index contributed by atoms with van der Waals surface area (Å²) < 4.78 is 24.2. The Labute approximate surface area is 109 Å². The number of hydrogen-bond acceptors (Lipinski definition) is 5. The van der Waals surface area contributed by atoms with Crippen LogP contribution in [0.4, 0.5) is 20.4 Å². The van der Waals surface area contributed by atoms with E-state index in [4.69, 9.17) is 0 Å². The molecule has 0 unspecified atom stereocenters. The minimum absolute atomic E-state index is 0.00644. The molecule has 0 radical (unpaired) electrons. The maximum Gasteiger partial charge on any atom is 0.255 e. The van der Waals surface area contributed by atoms with Crippen LogP contribution in [-0.4, -0.2) is 60.4 Å². The van der Waals surface area contributed by atoms with E-state index in [0.29, 0.717) is 24.7 Å². The molecule has 2 rings (SSSR count). The molecule has 0 atom stereocenters. The summed E-state index contributed by atoms with van der Waals surface area (Å²) in [5.41, 5.74) is 0. The third-order valence-corrected chi connectivity index (χ3v) is 2.87. The van der Waals surface area contributed by atoms with Crippen molar-refractivity contribution in [3.05, 3.63) is 12.4 Å². The zero-order valence-electron chi connectivity index (χ0n) is 10.5. The van der Waals surface area contributed by atoms with Crippen molar-refractivity contribution in [2.45, 2.75) is 6.43 Å². The first kappa shape index (κ1) is 13.4. The van der Waals surface area contributed by atoms with Crippen LogP contribution in [0.25, 0.3) is 0 Å². The number of nitrogens with one attached hydrogen (secondary N) is 1. The van der Waals surface area contributed by atoms with Crippen LogP contribution >= 0.6 is 0 Å². The van der Waals surface area contributed by atoms with E-state index in [9.17, 15) is 13.6 Å². The Hall–Kier alpha value is -1.99. The summed E-state index contributed by atoms with van der Waals surface area (Å²) >= 11 is 0. The molecule has 0 aromatic carbocycles. The topological polar surface area (TPSA) is 61.4 Å². The number of carbonyl (C=O) groups is 1. The monoisotopic (exact) mass is 271 g/mol. The van der Waals surface area contributed by atoms with Crippen molar-refractivity contribution in [3.8, 4) is 0 Å². The van der Waals surface area contributed by atoms with Gasteiger partial charge in [-0.25, -0.2) is 18.7 Å². The molecular formula is C11H15F2N5O. The van der Waals surface area contributed by atoms with Gasteiger partial charge in [0, 0.05) is 26.2 Å². The van der Waals surface area contributed by atoms with Crippen LogP contribution in [0.3, 0.4) is 0 Å². The van der Waals surface area contributed by atoms with E-state index in [2.05, 4.69) is 15.3 Å². The van der Waals surface area contributed by atoms with E-state index in [-0.39, 0.29) is 12.5 Å². The first-order chi connectivity index (χ1) is 9.06. The maximum absolute atomic E-state index is 12.1. The number of halogens is 2. The van der Waals surface area contributed by atoms with Crippen molar-refractivity contribution in [1.29, 1.82) is 0 Å². The van der Waals surface area contributed by atoms with E-state index in [0.717, 1.165) is 0 Å². The molecule has 1 amide bonds. The molecule has 1 fully saturated rings. The lowest BCUT2D eigenvalue weighted by Crippen LogP contribution is -2.48. The van der Waals surface area contributed by atoms with E-state index >= 15 is 0 Å². The summed E-state index contributed by atoms with van der Waals surface area (Å²) in [6.07, 6.45) is -1.14. The number of piperazine rings is 1. The second-order valence-corrected chi connectivity index (χ2v) is 4.27. The fourth-order valence-electron chi connectivity index (χ4n) is 1.75. The first-order valence-electron chi connectivity index (χ1n) is 5.89. The summed E-state index contributed by atoms with van der Waals surface area (Å²) in [6, 6.07) is 1.57. The number of nitrogens with zero attached hydrogens (tertiary/aromatic N) is 4. The van der Waals surface area contributed by atoms with Crippen LogP contribution in [0.5, 0.6) is 0 Å². The van der Waals surface area contributed by atoms with Crippen molar-refractivity contribution >= 4 is 17.5 Å². The van der Waals surface area contributed by atoms with E-state index in [1.807, 2.05) is 0 Å². The highest BCUT2D eigenvalue weighted by molar-refractivity contribution is 5.82. The Bertz CT molecular complexity index is 456. The molecule has 104 valence electrons. The second kappa shape index (κ2) is 5.77. The fraction of sp³-hybridized carbons (Fsp3) is 0.545. The SMILES string of the molecule is CN1CCN(c2cc(NCC(F)F)ncn2)CC1=O. The van der Waals surface area contributed by atoms with E-state index < -0.39 is 13.0 Å². The molecular weight excluding hydrogens is 256 g/mol. The highest BCUT2D eigenvalue weighted by Crippen LogP contribution is 2.16. The zero-order valence-corrected chi connectivity index (χ0v) is 10.5. The molecule has 0 saturated carbocycles. The summed E-state index contributed by atoms with van der Waals surface area (Å²) in [7, 11) is 1.75. The molecule has 19 heavy (non-hydrogen) atoms. The zero-order chi connectivity index (χ0) is 13.8. The molecule has 6 nitrogen and oxygen atoms in total. The van der Waals surface area contributed by atoms with Crippen molar-refractivity contribution < 1.29 is 13.6 Å². The van der Waals surface area contributed by atoms with E-state index in [1.54, 1.807) is 22.9 Å². The van der Waals surface area contributed by atoms with Crippen LogP contribution in [-0.2, 0) is 4.79 Å². The average molecular weight is 271 g/mol. The average Bonchev–Trinajstić information content (AvgIpc) is 2.40. The minimum atomic E-state index is -2.44. The Morgan fingerprint density at radius 3 is 2.89 bits per heavy atom. The third-order valence-electron chi connectivity index (χ3n) is 2.87. The largest absolute Gasteiger partial charge is 0.364 e. The smallest absolute Gasteiger partial charge is 0.255 e. The van der Waals surface area contributed by atoms with Gasteiger partial charge in [-0.2, -0.15) is 0 Å². The first-order valence-corrected chi connectivity index (χ1v) is 5.89. The van der Waals surface area contributed by atoms with Gasteiger partial charge < -0.3 is 15.1 Å². The van der Waals surface area contributed by atoms with Crippen molar-refractivity contribution in [2.75, 3.05) is 43.4 Å². The lowest BCUT2D eigenvalue weighted by atomic mass is 10.3. The van der Waals surface area contributed by atoms with Gasteiger partial charge in [-0.05, 0) is 0 Å². The number of amides is 1. The molecule has 0 spiro atoms. The number of carbonyl (C=O) groups excluding carboxylic acids is 1. The van der Waals surface area contributed by atoms with Crippen LogP contribution in [0.2, 0.25) is 0 Å². The van der Waals surface area contributed by atoms with Gasteiger partial charge in [-0.15, -0.1) is 0 Å². The fourth-order valence-corrected chi connectivity index (χ4v) is 1.75. The second-order valence-electron chi connectivity index (χ2n) is 4.27. The number of aromatic nitrogens is 2. The number of hydrogen-bond donors (Lipinski definition) is 1. The van der Waals surface area contributed by atoms with Crippen LogP contribution < -0.4 is 10.2 Å². The summed E-state index contributed by atoms with van der Waals surface area (Å²) in [6.45, 7) is 1.05. The molecule has 0 aliphatic carbocycles. The molecule has 1 aromatic rings. The molecule has 1 aliphatic rings. The molecule has 2 heterocycles. The van der Waals surface area contributed by atoms with Crippen LogP contribution in [0, 0.1) is 0 Å².